The molecule has 0 aliphatic heterocycles. The quantitative estimate of drug-likeness (QED) is 0.289. The maximum absolute atomic E-state index is 12.3. The van der Waals surface area contributed by atoms with Crippen LogP contribution < -0.4 is 14.6 Å². The lowest BCUT2D eigenvalue weighted by Gasteiger charge is -2.24. The zero-order valence-electron chi connectivity index (χ0n) is 15.5. The molecule has 142 valence electrons. The first kappa shape index (κ1) is 20.5. The molecule has 2 aromatic rings. The van der Waals surface area contributed by atoms with Gasteiger partial charge in [0.1, 0.15) is 17.2 Å². The van der Waals surface area contributed by atoms with Crippen LogP contribution in [0.4, 0.5) is 5.69 Å². The zero-order valence-corrected chi connectivity index (χ0v) is 16.4. The highest BCUT2D eigenvalue weighted by molar-refractivity contribution is 8.00. The van der Waals surface area contributed by atoms with E-state index < -0.39 is 5.56 Å². The van der Waals surface area contributed by atoms with E-state index in [2.05, 4.69) is 27.0 Å². The first-order chi connectivity index (χ1) is 12.9. The average molecular weight is 385 g/mol. The van der Waals surface area contributed by atoms with Gasteiger partial charge >= 0.3 is 5.56 Å². The molecule has 6 heteroatoms. The summed E-state index contributed by atoms with van der Waals surface area (Å²) in [7, 11) is 0. The molecule has 1 aromatic carbocycles. The molecule has 0 spiro atoms. The molecule has 0 unspecified atom stereocenters. The minimum atomic E-state index is -0.448. The number of anilines is 1. The number of hydrogen-bond acceptors (Lipinski definition) is 5. The van der Waals surface area contributed by atoms with Gasteiger partial charge in [0.05, 0.1) is 0 Å². The summed E-state index contributed by atoms with van der Waals surface area (Å²) >= 11 is 1.44. The van der Waals surface area contributed by atoms with E-state index in [9.17, 15) is 10.0 Å². The number of hydrogen-bond donors (Lipinski definition) is 1. The Hall–Kier alpha value is -2.86. The van der Waals surface area contributed by atoms with Gasteiger partial charge in [-0.2, -0.15) is 4.73 Å². The van der Waals surface area contributed by atoms with Crippen molar-refractivity contribution in [1.29, 1.82) is 0 Å². The van der Waals surface area contributed by atoms with E-state index in [1.54, 1.807) is 30.4 Å². The Morgan fingerprint density at radius 3 is 2.59 bits per heavy atom. The maximum Gasteiger partial charge on any atom is 0.307 e. The Kier molecular flexibility index (Phi) is 7.37. The standard InChI is InChI=1S/C21H24N2O3S/c1-5-8-17(6-2)26-18-10-12-19(13-11-18)27-23(15-16(3)4)20-9-7-14-22(25)21(20)24/h5-14,16,25H,1-2,15H2,3-4H3/b17-8+. The fraction of sp³-hybridized carbons (Fsp3) is 0.190. The molecule has 0 aliphatic rings. The largest absolute Gasteiger partial charge is 0.457 e. The van der Waals surface area contributed by atoms with Gasteiger partial charge in [0.15, 0.2) is 0 Å². The van der Waals surface area contributed by atoms with Crippen molar-refractivity contribution >= 4 is 17.6 Å². The van der Waals surface area contributed by atoms with E-state index in [0.717, 1.165) is 4.90 Å². The molecule has 0 saturated heterocycles. The number of benzene rings is 1. The van der Waals surface area contributed by atoms with E-state index in [4.69, 9.17) is 4.74 Å². The van der Waals surface area contributed by atoms with E-state index in [1.807, 2.05) is 28.6 Å². The number of nitrogens with zero attached hydrogens (tertiary/aromatic N) is 2. The predicted octanol–water partition coefficient (Wildman–Crippen LogP) is 4.89. The van der Waals surface area contributed by atoms with Crippen LogP contribution >= 0.6 is 11.9 Å². The summed E-state index contributed by atoms with van der Waals surface area (Å²) in [5.74, 6) is 1.63. The lowest BCUT2D eigenvalue weighted by molar-refractivity contribution is 0.175. The molecule has 0 amide bonds. The van der Waals surface area contributed by atoms with Crippen LogP contribution in [0.1, 0.15) is 13.8 Å². The molecule has 0 aliphatic carbocycles. The molecule has 1 N–H and O–H groups in total. The third-order valence-corrected chi connectivity index (χ3v) is 4.52. The Morgan fingerprint density at radius 2 is 2.00 bits per heavy atom. The van der Waals surface area contributed by atoms with Crippen molar-refractivity contribution in [2.75, 3.05) is 10.8 Å². The van der Waals surface area contributed by atoms with Crippen LogP contribution in [0.2, 0.25) is 0 Å². The van der Waals surface area contributed by atoms with Crippen molar-refractivity contribution < 1.29 is 9.94 Å². The second kappa shape index (κ2) is 9.73. The minimum absolute atomic E-state index is 0.339. The first-order valence-corrected chi connectivity index (χ1v) is 9.31. The number of aromatic nitrogens is 1. The van der Waals surface area contributed by atoms with Crippen molar-refractivity contribution in [2.24, 2.45) is 5.92 Å². The van der Waals surface area contributed by atoms with Crippen LogP contribution in [-0.2, 0) is 0 Å². The lowest BCUT2D eigenvalue weighted by Crippen LogP contribution is -2.29. The predicted molar refractivity (Wildman–Crippen MR) is 111 cm³/mol. The van der Waals surface area contributed by atoms with E-state index >= 15 is 0 Å². The fourth-order valence-corrected chi connectivity index (χ4v) is 3.39. The summed E-state index contributed by atoms with van der Waals surface area (Å²) in [5.41, 5.74) is -0.0160. The maximum atomic E-state index is 12.3. The van der Waals surface area contributed by atoms with Crippen LogP contribution in [0.25, 0.3) is 0 Å². The summed E-state index contributed by atoms with van der Waals surface area (Å²) in [6.45, 7) is 12.2. The van der Waals surface area contributed by atoms with Crippen molar-refractivity contribution in [3.05, 3.63) is 90.1 Å². The van der Waals surface area contributed by atoms with Crippen LogP contribution in [0.5, 0.6) is 5.75 Å². The normalized spacial score (nSPS) is 11.3. The van der Waals surface area contributed by atoms with Gasteiger partial charge in [-0.1, -0.05) is 33.1 Å². The number of pyridine rings is 1. The first-order valence-electron chi connectivity index (χ1n) is 8.54. The van der Waals surface area contributed by atoms with Gasteiger partial charge in [0, 0.05) is 17.6 Å². The lowest BCUT2D eigenvalue weighted by atomic mass is 10.2. The van der Waals surface area contributed by atoms with Crippen LogP contribution in [0.15, 0.2) is 89.4 Å². The van der Waals surface area contributed by atoms with E-state index in [-0.39, 0.29) is 0 Å². The molecule has 2 rings (SSSR count). The van der Waals surface area contributed by atoms with Gasteiger partial charge in [-0.25, -0.2) is 0 Å². The Bertz CT molecular complexity index is 870. The molecule has 0 fully saturated rings. The second-order valence-electron chi connectivity index (χ2n) is 6.17. The van der Waals surface area contributed by atoms with Crippen LogP contribution in [0, 0.1) is 5.92 Å². The fourth-order valence-electron chi connectivity index (χ4n) is 2.27. The number of rotatable bonds is 9. The number of ether oxygens (including phenoxy) is 1. The highest BCUT2D eigenvalue weighted by Gasteiger charge is 2.15. The van der Waals surface area contributed by atoms with Crippen LogP contribution in [-0.4, -0.2) is 16.5 Å². The molecular formula is C21H24N2O3S. The molecule has 0 saturated carbocycles. The molecule has 0 radical (unpaired) electrons. The molecule has 5 nitrogen and oxygen atoms in total. The molecule has 1 aromatic heterocycles. The van der Waals surface area contributed by atoms with Gasteiger partial charge in [0.2, 0.25) is 0 Å². The van der Waals surface area contributed by atoms with Crippen molar-refractivity contribution in [3.8, 4) is 5.75 Å². The van der Waals surface area contributed by atoms with E-state index in [1.165, 1.54) is 18.1 Å². The summed E-state index contributed by atoms with van der Waals surface area (Å²) in [4.78, 5) is 13.2. The second-order valence-corrected chi connectivity index (χ2v) is 7.27. The summed E-state index contributed by atoms with van der Waals surface area (Å²) < 4.78 is 8.20. The van der Waals surface area contributed by atoms with Gasteiger partial charge in [-0.15, -0.1) is 0 Å². The van der Waals surface area contributed by atoms with Crippen molar-refractivity contribution in [3.63, 3.8) is 0 Å². The molecule has 27 heavy (non-hydrogen) atoms. The highest BCUT2D eigenvalue weighted by atomic mass is 32.2. The van der Waals surface area contributed by atoms with Gasteiger partial charge < -0.3 is 14.2 Å². The van der Waals surface area contributed by atoms with Gasteiger partial charge in [-0.05, 0) is 66.4 Å². The van der Waals surface area contributed by atoms with Crippen molar-refractivity contribution in [2.45, 2.75) is 18.7 Å². The van der Waals surface area contributed by atoms with E-state index in [0.29, 0.717) is 34.4 Å². The monoisotopic (exact) mass is 384 g/mol. The smallest absolute Gasteiger partial charge is 0.307 e. The molecule has 0 bridgehead atoms. The zero-order chi connectivity index (χ0) is 19.8. The SMILES string of the molecule is C=C/C=C(\C=C)Oc1ccc(SN(CC(C)C)c2cccn(O)c2=O)cc1. The summed E-state index contributed by atoms with van der Waals surface area (Å²) in [6, 6.07) is 10.9. The topological polar surface area (TPSA) is 54.7 Å². The summed E-state index contributed by atoms with van der Waals surface area (Å²) in [5, 5.41) is 9.67. The molecule has 0 atom stereocenters. The average Bonchev–Trinajstić information content (AvgIpc) is 2.64. The highest BCUT2D eigenvalue weighted by Crippen LogP contribution is 2.29. The molecule has 1 heterocycles. The third kappa shape index (κ3) is 5.82. The Labute approximate surface area is 164 Å². The van der Waals surface area contributed by atoms with Gasteiger partial charge in [0.25, 0.3) is 0 Å². The Balaban J connectivity index is 2.21. The Morgan fingerprint density at radius 1 is 1.30 bits per heavy atom. The van der Waals surface area contributed by atoms with Gasteiger partial charge in [-0.3, -0.25) is 4.79 Å². The van der Waals surface area contributed by atoms with Crippen molar-refractivity contribution in [1.82, 2.24) is 4.73 Å². The van der Waals surface area contributed by atoms with Crippen LogP contribution in [0.3, 0.4) is 0 Å². The summed E-state index contributed by atoms with van der Waals surface area (Å²) in [6.07, 6.45) is 6.31. The third-order valence-electron chi connectivity index (χ3n) is 3.47. The molecular weight excluding hydrogens is 360 g/mol. The minimum Gasteiger partial charge on any atom is -0.457 e. The number of allylic oxidation sites excluding steroid dienone is 3.